The van der Waals surface area contributed by atoms with Gasteiger partial charge < -0.3 is 15.1 Å². The maximum atomic E-state index is 12.4. The van der Waals surface area contributed by atoms with Gasteiger partial charge in [-0.2, -0.15) is 0 Å². The lowest BCUT2D eigenvalue weighted by Gasteiger charge is -2.32. The van der Waals surface area contributed by atoms with E-state index in [9.17, 15) is 4.79 Å². The third-order valence-corrected chi connectivity index (χ3v) is 5.93. The number of likely N-dealkylation sites (N-methyl/N-ethyl adjacent to an activating group) is 1. The van der Waals surface area contributed by atoms with Crippen LogP contribution in [0, 0.1) is 0 Å². The molecule has 0 bridgehead atoms. The number of carbonyl (C=O) groups excluding carboxylic acids is 1. The van der Waals surface area contributed by atoms with Gasteiger partial charge in [-0.25, -0.2) is 0 Å². The van der Waals surface area contributed by atoms with Crippen molar-refractivity contribution < 1.29 is 4.79 Å². The molecular weight excluding hydrogens is 342 g/mol. The van der Waals surface area contributed by atoms with Crippen molar-refractivity contribution in [3.05, 3.63) is 29.3 Å². The predicted molar refractivity (Wildman–Crippen MR) is 103 cm³/mol. The number of thioether (sulfide) groups is 1. The Labute approximate surface area is 154 Å². The fourth-order valence-electron chi connectivity index (χ4n) is 2.70. The van der Waals surface area contributed by atoms with Crippen LogP contribution in [0.25, 0.3) is 0 Å². The van der Waals surface area contributed by atoms with Crippen molar-refractivity contribution >= 4 is 29.3 Å². The monoisotopic (exact) mass is 369 g/mol. The van der Waals surface area contributed by atoms with Crippen molar-refractivity contribution in [3.63, 3.8) is 0 Å². The first-order valence-electron chi connectivity index (χ1n) is 8.69. The van der Waals surface area contributed by atoms with Crippen molar-refractivity contribution in [2.75, 3.05) is 46.3 Å². The Morgan fingerprint density at radius 2 is 1.92 bits per heavy atom. The third kappa shape index (κ3) is 6.63. The zero-order valence-electron chi connectivity index (χ0n) is 14.6. The average molecular weight is 370 g/mol. The first-order chi connectivity index (χ1) is 11.6. The van der Waals surface area contributed by atoms with E-state index in [0.29, 0.717) is 0 Å². The number of carbonyl (C=O) groups is 1. The maximum absolute atomic E-state index is 12.4. The highest BCUT2D eigenvalue weighted by molar-refractivity contribution is 8.00. The fourth-order valence-corrected chi connectivity index (χ4v) is 3.80. The number of piperazine rings is 1. The smallest absolute Gasteiger partial charge is 0.233 e. The quantitative estimate of drug-likeness (QED) is 0.564. The van der Waals surface area contributed by atoms with E-state index in [2.05, 4.69) is 29.1 Å². The van der Waals surface area contributed by atoms with Gasteiger partial charge in [0.05, 0.1) is 5.25 Å². The molecule has 1 aromatic rings. The second-order valence-electron chi connectivity index (χ2n) is 6.26. The van der Waals surface area contributed by atoms with Crippen LogP contribution in [-0.4, -0.2) is 67.3 Å². The zero-order valence-corrected chi connectivity index (χ0v) is 16.2. The summed E-state index contributed by atoms with van der Waals surface area (Å²) in [7, 11) is 2.17. The van der Waals surface area contributed by atoms with Crippen LogP contribution in [0.4, 0.5) is 0 Å². The van der Waals surface area contributed by atoms with Crippen molar-refractivity contribution in [2.24, 2.45) is 0 Å². The molecule has 1 saturated heterocycles. The summed E-state index contributed by atoms with van der Waals surface area (Å²) >= 11 is 7.51. The van der Waals surface area contributed by atoms with E-state index < -0.39 is 0 Å². The second-order valence-corrected chi connectivity index (χ2v) is 7.97. The van der Waals surface area contributed by atoms with E-state index >= 15 is 0 Å². The first-order valence-corrected chi connectivity index (χ1v) is 9.95. The molecule has 0 spiro atoms. The summed E-state index contributed by atoms with van der Waals surface area (Å²) in [4.78, 5) is 18.3. The topological polar surface area (TPSA) is 35.6 Å². The summed E-state index contributed by atoms with van der Waals surface area (Å²) in [6, 6.07) is 7.67. The highest BCUT2D eigenvalue weighted by atomic mass is 35.5. The number of hydrogen-bond donors (Lipinski definition) is 1. The van der Waals surface area contributed by atoms with Gasteiger partial charge in [0.25, 0.3) is 0 Å². The second kappa shape index (κ2) is 10.3. The van der Waals surface area contributed by atoms with Crippen LogP contribution in [0.2, 0.25) is 5.02 Å². The van der Waals surface area contributed by atoms with Crippen LogP contribution < -0.4 is 5.32 Å². The highest BCUT2D eigenvalue weighted by Gasteiger charge is 2.18. The lowest BCUT2D eigenvalue weighted by Crippen LogP contribution is -2.45. The van der Waals surface area contributed by atoms with Gasteiger partial charge in [0.15, 0.2) is 0 Å². The molecule has 2 rings (SSSR count). The summed E-state index contributed by atoms with van der Waals surface area (Å²) in [6.45, 7) is 8.42. The van der Waals surface area contributed by atoms with Crippen molar-refractivity contribution in [1.82, 2.24) is 15.1 Å². The minimum atomic E-state index is -0.0465. The maximum Gasteiger partial charge on any atom is 0.233 e. The van der Waals surface area contributed by atoms with Gasteiger partial charge in [-0.05, 0) is 50.7 Å². The Hall–Kier alpha value is -0.750. The SMILES string of the molecule is CC[C@@H](Sc1ccc(Cl)cc1)C(=O)NCCCN1CCN(C)CC1. The van der Waals surface area contributed by atoms with Crippen molar-refractivity contribution in [3.8, 4) is 0 Å². The molecule has 0 radical (unpaired) electrons. The van der Waals surface area contributed by atoms with E-state index in [4.69, 9.17) is 11.6 Å². The molecule has 1 aromatic carbocycles. The lowest BCUT2D eigenvalue weighted by atomic mass is 10.3. The Morgan fingerprint density at radius 3 is 2.54 bits per heavy atom. The molecule has 1 N–H and O–H groups in total. The fraction of sp³-hybridized carbons (Fsp3) is 0.611. The summed E-state index contributed by atoms with van der Waals surface area (Å²) < 4.78 is 0. The van der Waals surface area contributed by atoms with Gasteiger partial charge in [-0.15, -0.1) is 11.8 Å². The summed E-state index contributed by atoms with van der Waals surface area (Å²) in [6.07, 6.45) is 1.83. The molecule has 134 valence electrons. The van der Waals surface area contributed by atoms with Crippen molar-refractivity contribution in [2.45, 2.75) is 29.9 Å². The minimum absolute atomic E-state index is 0.0465. The Morgan fingerprint density at radius 1 is 1.25 bits per heavy atom. The van der Waals surface area contributed by atoms with Gasteiger partial charge in [0.2, 0.25) is 5.91 Å². The molecule has 1 amide bonds. The highest BCUT2D eigenvalue weighted by Crippen LogP contribution is 2.26. The van der Waals surface area contributed by atoms with Gasteiger partial charge in [0.1, 0.15) is 0 Å². The standard InChI is InChI=1S/C18H28ClN3OS/c1-3-17(24-16-7-5-15(19)6-8-16)18(23)20-9-4-10-22-13-11-21(2)12-14-22/h5-8,17H,3-4,9-14H2,1-2H3,(H,20,23)/t17-/m1/s1. The largest absolute Gasteiger partial charge is 0.355 e. The Kier molecular flexibility index (Phi) is 8.39. The summed E-state index contributed by atoms with van der Waals surface area (Å²) in [5, 5.41) is 3.77. The number of benzene rings is 1. The number of nitrogens with zero attached hydrogens (tertiary/aromatic N) is 2. The molecule has 1 heterocycles. The van der Waals surface area contributed by atoms with E-state index in [1.54, 1.807) is 11.8 Å². The molecule has 24 heavy (non-hydrogen) atoms. The normalized spacial score (nSPS) is 17.6. The van der Waals surface area contributed by atoms with Gasteiger partial charge in [0, 0.05) is 42.6 Å². The average Bonchev–Trinajstić information content (AvgIpc) is 2.59. The van der Waals surface area contributed by atoms with Gasteiger partial charge in [-0.1, -0.05) is 18.5 Å². The molecule has 1 fully saturated rings. The summed E-state index contributed by atoms with van der Waals surface area (Å²) in [5.41, 5.74) is 0. The minimum Gasteiger partial charge on any atom is -0.355 e. The first kappa shape index (κ1) is 19.6. The zero-order chi connectivity index (χ0) is 17.4. The number of amides is 1. The van der Waals surface area contributed by atoms with Gasteiger partial charge in [-0.3, -0.25) is 4.79 Å². The number of rotatable bonds is 8. The molecule has 4 nitrogen and oxygen atoms in total. The predicted octanol–water partition coefficient (Wildman–Crippen LogP) is 2.96. The number of halogens is 1. The van der Waals surface area contributed by atoms with Crippen LogP contribution in [0.1, 0.15) is 19.8 Å². The van der Waals surface area contributed by atoms with E-state index in [-0.39, 0.29) is 11.2 Å². The van der Waals surface area contributed by atoms with Gasteiger partial charge >= 0.3 is 0 Å². The van der Waals surface area contributed by atoms with Crippen LogP contribution in [0.3, 0.4) is 0 Å². The van der Waals surface area contributed by atoms with Crippen LogP contribution in [0.5, 0.6) is 0 Å². The molecule has 1 aliphatic rings. The summed E-state index contributed by atoms with van der Waals surface area (Å²) in [5.74, 6) is 0.135. The molecule has 1 aliphatic heterocycles. The van der Waals surface area contributed by atoms with E-state index in [0.717, 1.165) is 62.0 Å². The molecule has 0 saturated carbocycles. The molecular formula is C18H28ClN3OS. The van der Waals surface area contributed by atoms with Crippen LogP contribution in [0.15, 0.2) is 29.2 Å². The Balaban J connectivity index is 1.67. The molecule has 6 heteroatoms. The number of hydrogen-bond acceptors (Lipinski definition) is 4. The molecule has 0 unspecified atom stereocenters. The van der Waals surface area contributed by atoms with E-state index in [1.165, 1.54) is 0 Å². The van der Waals surface area contributed by atoms with E-state index in [1.807, 2.05) is 24.3 Å². The Bertz CT molecular complexity index is 503. The molecule has 0 aliphatic carbocycles. The molecule has 1 atom stereocenters. The lowest BCUT2D eigenvalue weighted by molar-refractivity contribution is -0.120. The molecule has 0 aromatic heterocycles. The third-order valence-electron chi connectivity index (χ3n) is 4.30. The number of nitrogens with one attached hydrogen (secondary N) is 1. The van der Waals surface area contributed by atoms with Crippen LogP contribution in [-0.2, 0) is 4.79 Å². The van der Waals surface area contributed by atoms with Crippen molar-refractivity contribution in [1.29, 1.82) is 0 Å². The van der Waals surface area contributed by atoms with Crippen LogP contribution >= 0.6 is 23.4 Å².